The Bertz CT molecular complexity index is 361. The monoisotopic (exact) mass is 325 g/mol. The van der Waals surface area contributed by atoms with Gasteiger partial charge in [-0.1, -0.05) is 33.1 Å². The second-order valence-electron chi connectivity index (χ2n) is 7.75. The number of hydrogen-bond donors (Lipinski definition) is 1. The standard InChI is InChI=1S/C19H35NO3/c1-15-7-6-8-17(13-15)23-12-5-3-4-9-19(22)20-11-10-16(2)18(21)14-20/h15-18,21H,3-14H2,1-2H3. The topological polar surface area (TPSA) is 49.8 Å². The van der Waals surface area contributed by atoms with Gasteiger partial charge in [0.05, 0.1) is 12.2 Å². The van der Waals surface area contributed by atoms with Gasteiger partial charge >= 0.3 is 0 Å². The molecule has 2 fully saturated rings. The van der Waals surface area contributed by atoms with Crippen molar-refractivity contribution < 1.29 is 14.6 Å². The highest BCUT2D eigenvalue weighted by Gasteiger charge is 2.26. The first-order chi connectivity index (χ1) is 11.1. The molecule has 2 rings (SSSR count). The van der Waals surface area contributed by atoms with Gasteiger partial charge in [-0.05, 0) is 43.9 Å². The summed E-state index contributed by atoms with van der Waals surface area (Å²) in [6, 6.07) is 0. The van der Waals surface area contributed by atoms with Crippen molar-refractivity contribution >= 4 is 5.91 Å². The van der Waals surface area contributed by atoms with Crippen molar-refractivity contribution in [3.63, 3.8) is 0 Å². The van der Waals surface area contributed by atoms with Crippen LogP contribution >= 0.6 is 0 Å². The van der Waals surface area contributed by atoms with Crippen molar-refractivity contribution in [1.82, 2.24) is 4.90 Å². The van der Waals surface area contributed by atoms with Gasteiger partial charge in [0.15, 0.2) is 0 Å². The molecular weight excluding hydrogens is 290 g/mol. The van der Waals surface area contributed by atoms with Crippen LogP contribution in [0.3, 0.4) is 0 Å². The van der Waals surface area contributed by atoms with Gasteiger partial charge in [0.2, 0.25) is 5.91 Å². The second kappa shape index (κ2) is 9.63. The lowest BCUT2D eigenvalue weighted by molar-refractivity contribution is -0.135. The van der Waals surface area contributed by atoms with E-state index in [9.17, 15) is 9.90 Å². The maximum atomic E-state index is 12.2. The fourth-order valence-electron chi connectivity index (χ4n) is 3.77. The number of carbonyl (C=O) groups is 1. The predicted octanol–water partition coefficient (Wildman–Crippen LogP) is 3.37. The lowest BCUT2D eigenvalue weighted by Gasteiger charge is -2.34. The Morgan fingerprint density at radius 2 is 2.00 bits per heavy atom. The summed E-state index contributed by atoms with van der Waals surface area (Å²) in [5.41, 5.74) is 0. The number of hydrogen-bond acceptors (Lipinski definition) is 3. The van der Waals surface area contributed by atoms with E-state index >= 15 is 0 Å². The minimum Gasteiger partial charge on any atom is -0.391 e. The molecule has 4 heteroatoms. The fourth-order valence-corrected chi connectivity index (χ4v) is 3.77. The molecule has 0 aromatic carbocycles. The number of ether oxygens (including phenoxy) is 1. The minimum absolute atomic E-state index is 0.206. The Kier molecular flexibility index (Phi) is 7.84. The maximum Gasteiger partial charge on any atom is 0.222 e. The van der Waals surface area contributed by atoms with Crippen LogP contribution in [0.15, 0.2) is 0 Å². The number of amides is 1. The normalized spacial score (nSPS) is 32.0. The number of piperidine rings is 1. The number of unbranched alkanes of at least 4 members (excludes halogenated alkanes) is 2. The number of nitrogens with zero attached hydrogens (tertiary/aromatic N) is 1. The summed E-state index contributed by atoms with van der Waals surface area (Å²) < 4.78 is 5.97. The van der Waals surface area contributed by atoms with Crippen molar-refractivity contribution in [2.45, 2.75) is 83.8 Å². The van der Waals surface area contributed by atoms with Crippen molar-refractivity contribution in [1.29, 1.82) is 0 Å². The summed E-state index contributed by atoms with van der Waals surface area (Å²) in [4.78, 5) is 14.0. The molecule has 0 bridgehead atoms. The SMILES string of the molecule is CC1CCCC(OCCCCCC(=O)N2CCC(C)C(O)C2)C1. The third kappa shape index (κ3) is 6.42. The van der Waals surface area contributed by atoms with Crippen LogP contribution in [0.2, 0.25) is 0 Å². The molecule has 4 unspecified atom stereocenters. The van der Waals surface area contributed by atoms with Crippen molar-refractivity contribution in [3.05, 3.63) is 0 Å². The molecule has 23 heavy (non-hydrogen) atoms. The Morgan fingerprint density at radius 1 is 1.17 bits per heavy atom. The molecule has 1 saturated carbocycles. The second-order valence-corrected chi connectivity index (χ2v) is 7.75. The Balaban J connectivity index is 1.49. The molecular formula is C19H35NO3. The van der Waals surface area contributed by atoms with Crippen LogP contribution in [0.5, 0.6) is 0 Å². The van der Waals surface area contributed by atoms with E-state index in [1.54, 1.807) is 0 Å². The molecule has 0 aromatic heterocycles. The van der Waals surface area contributed by atoms with Crippen LogP contribution < -0.4 is 0 Å². The van der Waals surface area contributed by atoms with Crippen LogP contribution in [0.4, 0.5) is 0 Å². The van der Waals surface area contributed by atoms with Crippen LogP contribution in [0.25, 0.3) is 0 Å². The van der Waals surface area contributed by atoms with Gasteiger partial charge in [-0.25, -0.2) is 0 Å². The van der Waals surface area contributed by atoms with E-state index in [4.69, 9.17) is 4.74 Å². The van der Waals surface area contributed by atoms with Gasteiger partial charge in [0.1, 0.15) is 0 Å². The summed E-state index contributed by atoms with van der Waals surface area (Å²) in [6.45, 7) is 6.54. The molecule has 1 N–H and O–H groups in total. The molecule has 134 valence electrons. The quantitative estimate of drug-likeness (QED) is 0.730. The summed E-state index contributed by atoms with van der Waals surface area (Å²) in [5, 5.41) is 9.87. The van der Waals surface area contributed by atoms with E-state index in [1.165, 1.54) is 25.7 Å². The molecule has 1 aliphatic heterocycles. The number of likely N-dealkylation sites (tertiary alicyclic amines) is 1. The lowest BCUT2D eigenvalue weighted by Crippen LogP contribution is -2.45. The molecule has 1 heterocycles. The summed E-state index contributed by atoms with van der Waals surface area (Å²) in [6.07, 6.45) is 9.79. The average molecular weight is 325 g/mol. The highest BCUT2D eigenvalue weighted by atomic mass is 16.5. The van der Waals surface area contributed by atoms with E-state index < -0.39 is 0 Å². The van der Waals surface area contributed by atoms with Gasteiger partial charge in [-0.2, -0.15) is 0 Å². The zero-order chi connectivity index (χ0) is 16.7. The molecule has 0 radical (unpaired) electrons. The van der Waals surface area contributed by atoms with Gasteiger partial charge < -0.3 is 14.7 Å². The molecule has 1 saturated heterocycles. The predicted molar refractivity (Wildman–Crippen MR) is 92.2 cm³/mol. The largest absolute Gasteiger partial charge is 0.391 e. The van der Waals surface area contributed by atoms with Gasteiger partial charge in [-0.15, -0.1) is 0 Å². The summed E-state index contributed by atoms with van der Waals surface area (Å²) >= 11 is 0. The zero-order valence-corrected chi connectivity index (χ0v) is 15.0. The van der Waals surface area contributed by atoms with Crippen LogP contribution in [0.1, 0.15) is 71.6 Å². The fraction of sp³-hybridized carbons (Fsp3) is 0.947. The van der Waals surface area contributed by atoms with E-state index in [0.717, 1.165) is 44.8 Å². The lowest BCUT2D eigenvalue weighted by atomic mass is 9.89. The molecule has 0 aromatic rings. The Morgan fingerprint density at radius 3 is 2.74 bits per heavy atom. The Hall–Kier alpha value is -0.610. The minimum atomic E-state index is -0.348. The number of rotatable bonds is 7. The van der Waals surface area contributed by atoms with Gasteiger partial charge in [-0.3, -0.25) is 4.79 Å². The molecule has 1 aliphatic carbocycles. The van der Waals surface area contributed by atoms with E-state index in [0.29, 0.717) is 25.0 Å². The first kappa shape index (κ1) is 18.7. The van der Waals surface area contributed by atoms with Crippen LogP contribution in [-0.2, 0) is 9.53 Å². The summed E-state index contributed by atoms with van der Waals surface area (Å²) in [7, 11) is 0. The third-order valence-corrected chi connectivity index (χ3v) is 5.55. The highest BCUT2D eigenvalue weighted by molar-refractivity contribution is 5.76. The van der Waals surface area contributed by atoms with Crippen molar-refractivity contribution in [3.8, 4) is 0 Å². The number of carbonyl (C=O) groups excluding carboxylic acids is 1. The number of aliphatic hydroxyl groups is 1. The summed E-state index contributed by atoms with van der Waals surface area (Å²) in [5.74, 6) is 1.34. The van der Waals surface area contributed by atoms with Crippen molar-refractivity contribution in [2.75, 3.05) is 19.7 Å². The molecule has 0 spiro atoms. The molecule has 2 aliphatic rings. The van der Waals surface area contributed by atoms with Crippen LogP contribution in [0, 0.1) is 11.8 Å². The maximum absolute atomic E-state index is 12.2. The van der Waals surface area contributed by atoms with Gasteiger partial charge in [0, 0.05) is 26.1 Å². The van der Waals surface area contributed by atoms with Crippen LogP contribution in [-0.4, -0.2) is 47.8 Å². The first-order valence-corrected chi connectivity index (χ1v) is 9.63. The zero-order valence-electron chi connectivity index (χ0n) is 15.0. The number of aliphatic hydroxyl groups excluding tert-OH is 1. The van der Waals surface area contributed by atoms with E-state index in [-0.39, 0.29) is 12.0 Å². The Labute approximate surface area is 141 Å². The third-order valence-electron chi connectivity index (χ3n) is 5.55. The van der Waals surface area contributed by atoms with Gasteiger partial charge in [0.25, 0.3) is 0 Å². The molecule has 4 nitrogen and oxygen atoms in total. The molecule has 1 amide bonds. The highest BCUT2D eigenvalue weighted by Crippen LogP contribution is 2.25. The first-order valence-electron chi connectivity index (χ1n) is 9.63. The molecule has 4 atom stereocenters. The van der Waals surface area contributed by atoms with E-state index in [1.807, 2.05) is 4.90 Å². The number of β-amino-alcohol motifs (C(OH)–C–C–N with tert-alkyl or cyclic N) is 1. The smallest absolute Gasteiger partial charge is 0.222 e. The van der Waals surface area contributed by atoms with E-state index in [2.05, 4.69) is 13.8 Å². The van der Waals surface area contributed by atoms with Crippen molar-refractivity contribution in [2.24, 2.45) is 11.8 Å². The average Bonchev–Trinajstić information content (AvgIpc) is 2.53.